The molecule has 1 rings (SSSR count). The van der Waals surface area contributed by atoms with Gasteiger partial charge in [0.15, 0.2) is 12.6 Å². The van der Waals surface area contributed by atoms with Gasteiger partial charge in [0.1, 0.15) is 11.4 Å². The number of ether oxygens (including phenoxy) is 2. The molecule has 0 spiro atoms. The van der Waals surface area contributed by atoms with Crippen LogP contribution in [0.3, 0.4) is 0 Å². The van der Waals surface area contributed by atoms with Gasteiger partial charge in [0.2, 0.25) is 0 Å². The number of carbonyl (C=O) groups excluding carboxylic acids is 1. The first-order valence-electron chi connectivity index (χ1n) is 5.64. The highest BCUT2D eigenvalue weighted by Gasteiger charge is 2.24. The molecule has 0 aromatic heterocycles. The minimum absolute atomic E-state index is 0.130. The van der Waals surface area contributed by atoms with Crippen LogP contribution in [0, 0.1) is 0 Å². The van der Waals surface area contributed by atoms with Gasteiger partial charge in [-0.05, 0) is 38.1 Å². The third kappa shape index (κ3) is 4.31. The summed E-state index contributed by atoms with van der Waals surface area (Å²) in [5.74, 6) is 0.281. The normalized spacial score (nSPS) is 11.1. The van der Waals surface area contributed by atoms with Crippen LogP contribution in [0.15, 0.2) is 36.9 Å². The molecule has 0 aliphatic carbocycles. The molecular weight excluding hydrogens is 232 g/mol. The summed E-state index contributed by atoms with van der Waals surface area (Å²) in [6.07, 6.45) is 1.63. The fourth-order valence-electron chi connectivity index (χ4n) is 1.30. The molecule has 18 heavy (non-hydrogen) atoms. The van der Waals surface area contributed by atoms with E-state index in [1.807, 2.05) is 0 Å². The maximum Gasteiger partial charge on any atom is 0.193 e. The predicted molar refractivity (Wildman–Crippen MR) is 68.7 cm³/mol. The second-order valence-electron chi connectivity index (χ2n) is 4.33. The van der Waals surface area contributed by atoms with Crippen molar-refractivity contribution in [3.63, 3.8) is 0 Å². The first kappa shape index (κ1) is 14.4. The number of benzene rings is 1. The Balaban J connectivity index is 2.57. The highest BCUT2D eigenvalue weighted by atomic mass is 16.7. The van der Waals surface area contributed by atoms with Crippen molar-refractivity contribution in [1.29, 1.82) is 0 Å². The van der Waals surface area contributed by atoms with Crippen molar-refractivity contribution >= 4 is 5.78 Å². The van der Waals surface area contributed by atoms with E-state index in [4.69, 9.17) is 9.47 Å². The number of hydrogen-bond donors (Lipinski definition) is 1. The van der Waals surface area contributed by atoms with E-state index in [-0.39, 0.29) is 12.6 Å². The molecular formula is C14H18O4. The smallest absolute Gasteiger partial charge is 0.193 e. The number of aliphatic hydroxyl groups is 1. The molecule has 0 fully saturated rings. The van der Waals surface area contributed by atoms with Crippen molar-refractivity contribution in [1.82, 2.24) is 0 Å². The van der Waals surface area contributed by atoms with E-state index in [0.717, 1.165) is 0 Å². The summed E-state index contributed by atoms with van der Waals surface area (Å²) in [6, 6.07) is 6.55. The first-order valence-corrected chi connectivity index (χ1v) is 5.64. The maximum atomic E-state index is 11.8. The summed E-state index contributed by atoms with van der Waals surface area (Å²) in [5.41, 5.74) is -0.919. The van der Waals surface area contributed by atoms with E-state index in [0.29, 0.717) is 17.9 Å². The van der Waals surface area contributed by atoms with E-state index < -0.39 is 5.60 Å². The minimum atomic E-state index is -1.37. The lowest BCUT2D eigenvalue weighted by atomic mass is 9.97. The molecule has 1 aromatic rings. The molecule has 0 heterocycles. The zero-order chi connectivity index (χ0) is 13.6. The monoisotopic (exact) mass is 250 g/mol. The second kappa shape index (κ2) is 6.33. The molecule has 0 saturated carbocycles. The van der Waals surface area contributed by atoms with Crippen molar-refractivity contribution in [2.24, 2.45) is 0 Å². The van der Waals surface area contributed by atoms with Crippen LogP contribution >= 0.6 is 0 Å². The van der Waals surface area contributed by atoms with E-state index in [1.54, 1.807) is 30.3 Å². The van der Waals surface area contributed by atoms with Gasteiger partial charge in [0.05, 0.1) is 6.61 Å². The molecule has 4 heteroatoms. The third-order valence-electron chi connectivity index (χ3n) is 2.22. The Bertz CT molecular complexity index is 401. The van der Waals surface area contributed by atoms with Gasteiger partial charge in [-0.15, -0.1) is 6.58 Å². The topological polar surface area (TPSA) is 55.8 Å². The summed E-state index contributed by atoms with van der Waals surface area (Å²) in [6.45, 7) is 7.00. The minimum Gasteiger partial charge on any atom is -0.468 e. The van der Waals surface area contributed by atoms with Crippen molar-refractivity contribution in [2.45, 2.75) is 19.4 Å². The molecule has 0 radical (unpaired) electrons. The van der Waals surface area contributed by atoms with E-state index in [9.17, 15) is 9.90 Å². The zero-order valence-corrected chi connectivity index (χ0v) is 10.7. The van der Waals surface area contributed by atoms with Crippen molar-refractivity contribution in [2.75, 3.05) is 13.4 Å². The van der Waals surface area contributed by atoms with Crippen molar-refractivity contribution < 1.29 is 19.4 Å². The molecule has 1 N–H and O–H groups in total. The van der Waals surface area contributed by atoms with E-state index >= 15 is 0 Å². The highest BCUT2D eigenvalue weighted by Crippen LogP contribution is 2.17. The Kier molecular flexibility index (Phi) is 5.07. The first-order chi connectivity index (χ1) is 8.45. The fraction of sp³-hybridized carbons (Fsp3) is 0.357. The van der Waals surface area contributed by atoms with Crippen LogP contribution in [0.2, 0.25) is 0 Å². The Morgan fingerprint density at radius 1 is 1.39 bits per heavy atom. The molecule has 0 atom stereocenters. The van der Waals surface area contributed by atoms with E-state index in [1.165, 1.54) is 13.8 Å². The SMILES string of the molecule is C=CCOCOc1ccc(C(=O)C(C)(C)O)cc1. The van der Waals surface area contributed by atoms with Gasteiger partial charge >= 0.3 is 0 Å². The molecule has 0 saturated heterocycles. The average molecular weight is 250 g/mol. The molecule has 1 aromatic carbocycles. The fourth-order valence-corrected chi connectivity index (χ4v) is 1.30. The van der Waals surface area contributed by atoms with Gasteiger partial charge in [-0.25, -0.2) is 0 Å². The molecule has 0 unspecified atom stereocenters. The lowest BCUT2D eigenvalue weighted by Crippen LogP contribution is -2.30. The molecule has 0 amide bonds. The predicted octanol–water partition coefficient (Wildman–Crippen LogP) is 2.18. The van der Waals surface area contributed by atoms with Gasteiger partial charge in [-0.3, -0.25) is 4.79 Å². The number of Topliss-reactive ketones (excluding diaryl/α,β-unsaturated/α-hetero) is 1. The van der Waals surface area contributed by atoms with Gasteiger partial charge in [0, 0.05) is 5.56 Å². The largest absolute Gasteiger partial charge is 0.468 e. The quantitative estimate of drug-likeness (QED) is 0.349. The van der Waals surface area contributed by atoms with Crippen molar-refractivity contribution in [3.05, 3.63) is 42.5 Å². The molecule has 0 aliphatic heterocycles. The molecule has 0 aliphatic rings. The number of hydrogen-bond acceptors (Lipinski definition) is 4. The highest BCUT2D eigenvalue weighted by molar-refractivity contribution is 6.01. The van der Waals surface area contributed by atoms with Crippen LogP contribution in [0.4, 0.5) is 0 Å². The average Bonchev–Trinajstić information content (AvgIpc) is 2.33. The van der Waals surface area contributed by atoms with E-state index in [2.05, 4.69) is 6.58 Å². The van der Waals surface area contributed by atoms with Gasteiger partial charge in [-0.1, -0.05) is 6.08 Å². The molecule has 98 valence electrons. The molecule has 0 bridgehead atoms. The molecule has 4 nitrogen and oxygen atoms in total. The number of ketones is 1. The van der Waals surface area contributed by atoms with Gasteiger partial charge in [-0.2, -0.15) is 0 Å². The summed E-state index contributed by atoms with van der Waals surface area (Å²) in [5, 5.41) is 9.60. The lowest BCUT2D eigenvalue weighted by molar-refractivity contribution is 0.0307. The summed E-state index contributed by atoms with van der Waals surface area (Å²) in [7, 11) is 0. The summed E-state index contributed by atoms with van der Waals surface area (Å²) < 4.78 is 10.4. The van der Waals surface area contributed by atoms with Crippen LogP contribution in [0.1, 0.15) is 24.2 Å². The van der Waals surface area contributed by atoms with Crippen LogP contribution in [0.5, 0.6) is 5.75 Å². The lowest BCUT2D eigenvalue weighted by Gasteiger charge is -2.15. The van der Waals surface area contributed by atoms with Gasteiger partial charge < -0.3 is 14.6 Å². The van der Waals surface area contributed by atoms with Crippen LogP contribution in [-0.4, -0.2) is 29.9 Å². The van der Waals surface area contributed by atoms with Crippen LogP contribution in [0.25, 0.3) is 0 Å². The van der Waals surface area contributed by atoms with Gasteiger partial charge in [0.25, 0.3) is 0 Å². The Morgan fingerprint density at radius 2 is 2.00 bits per heavy atom. The number of carbonyl (C=O) groups is 1. The number of rotatable bonds is 7. The Hall–Kier alpha value is -1.65. The van der Waals surface area contributed by atoms with Crippen molar-refractivity contribution in [3.8, 4) is 5.75 Å². The maximum absolute atomic E-state index is 11.8. The van der Waals surface area contributed by atoms with Crippen LogP contribution < -0.4 is 4.74 Å². The van der Waals surface area contributed by atoms with Crippen LogP contribution in [-0.2, 0) is 4.74 Å². The standard InChI is InChI=1S/C14H18O4/c1-4-9-17-10-18-12-7-5-11(6-8-12)13(15)14(2,3)16/h4-8,16H,1,9-10H2,2-3H3. The summed E-state index contributed by atoms with van der Waals surface area (Å²) in [4.78, 5) is 11.8. The zero-order valence-electron chi connectivity index (χ0n) is 10.7. The third-order valence-corrected chi connectivity index (χ3v) is 2.22. The Labute approximate surface area is 107 Å². The second-order valence-corrected chi connectivity index (χ2v) is 4.33. The Morgan fingerprint density at radius 3 is 2.50 bits per heavy atom. The summed E-state index contributed by atoms with van der Waals surface area (Å²) >= 11 is 0.